The fourth-order valence-electron chi connectivity index (χ4n) is 1.48. The van der Waals surface area contributed by atoms with Crippen LogP contribution in [0, 0.1) is 5.82 Å². The highest BCUT2D eigenvalue weighted by Gasteiger charge is 2.16. The lowest BCUT2D eigenvalue weighted by Gasteiger charge is -2.07. The van der Waals surface area contributed by atoms with Gasteiger partial charge in [-0.15, -0.1) is 0 Å². The maximum atomic E-state index is 13.2. The first-order valence-electron chi connectivity index (χ1n) is 5.39. The van der Waals surface area contributed by atoms with Crippen LogP contribution in [0.3, 0.4) is 0 Å². The molecule has 0 saturated carbocycles. The predicted octanol–water partition coefficient (Wildman–Crippen LogP) is 0.520. The van der Waals surface area contributed by atoms with Crippen LogP contribution < -0.4 is 4.72 Å². The van der Waals surface area contributed by atoms with Crippen molar-refractivity contribution < 1.29 is 17.9 Å². The molecule has 102 valence electrons. The van der Waals surface area contributed by atoms with E-state index in [4.69, 9.17) is 5.11 Å². The van der Waals surface area contributed by atoms with Gasteiger partial charge >= 0.3 is 0 Å². The number of hydrogen-bond acceptors (Lipinski definition) is 4. The van der Waals surface area contributed by atoms with E-state index in [1.165, 1.54) is 12.5 Å². The zero-order valence-electron chi connectivity index (χ0n) is 9.80. The Labute approximate surface area is 109 Å². The molecule has 1 aromatic carbocycles. The van der Waals surface area contributed by atoms with E-state index in [0.717, 1.165) is 18.2 Å². The summed E-state index contributed by atoms with van der Waals surface area (Å²) in [5, 5.41) is 8.92. The zero-order chi connectivity index (χ0) is 13.9. The molecule has 0 spiro atoms. The highest BCUT2D eigenvalue weighted by atomic mass is 32.2. The summed E-state index contributed by atoms with van der Waals surface area (Å²) in [7, 11) is -3.76. The summed E-state index contributed by atoms with van der Waals surface area (Å²) in [5.41, 5.74) is 0.539. The molecule has 6 nitrogen and oxygen atoms in total. The molecule has 19 heavy (non-hydrogen) atoms. The van der Waals surface area contributed by atoms with Crippen LogP contribution in [0.5, 0.6) is 0 Å². The number of nitrogens with zero attached hydrogens (tertiary/aromatic N) is 1. The van der Waals surface area contributed by atoms with Crippen LogP contribution in [0.25, 0.3) is 0 Å². The van der Waals surface area contributed by atoms with Crippen LogP contribution in [0.4, 0.5) is 4.39 Å². The SMILES string of the molecule is O=S(=O)(NCc1cnc[nH]1)c1ccc(F)c(CO)c1. The molecule has 1 heterocycles. The fraction of sp³-hybridized carbons (Fsp3) is 0.182. The van der Waals surface area contributed by atoms with Crippen LogP contribution >= 0.6 is 0 Å². The van der Waals surface area contributed by atoms with Gasteiger partial charge in [0.2, 0.25) is 10.0 Å². The van der Waals surface area contributed by atoms with Gasteiger partial charge in [0.25, 0.3) is 0 Å². The van der Waals surface area contributed by atoms with Gasteiger partial charge in [-0.05, 0) is 18.2 Å². The summed E-state index contributed by atoms with van der Waals surface area (Å²) < 4.78 is 39.4. The first-order valence-corrected chi connectivity index (χ1v) is 6.87. The Kier molecular flexibility index (Phi) is 3.93. The molecule has 0 aliphatic carbocycles. The number of H-pyrrole nitrogens is 1. The average Bonchev–Trinajstić information content (AvgIpc) is 2.90. The summed E-state index contributed by atoms with van der Waals surface area (Å²) in [6, 6.07) is 3.25. The summed E-state index contributed by atoms with van der Waals surface area (Å²) >= 11 is 0. The third-order valence-corrected chi connectivity index (χ3v) is 3.90. The number of aliphatic hydroxyl groups excluding tert-OH is 1. The average molecular weight is 285 g/mol. The number of aromatic amines is 1. The third-order valence-electron chi connectivity index (χ3n) is 2.51. The molecule has 3 N–H and O–H groups in total. The van der Waals surface area contributed by atoms with E-state index in [2.05, 4.69) is 14.7 Å². The molecule has 2 aromatic rings. The molecule has 0 fully saturated rings. The van der Waals surface area contributed by atoms with Gasteiger partial charge < -0.3 is 10.1 Å². The van der Waals surface area contributed by atoms with Crippen molar-refractivity contribution in [2.75, 3.05) is 0 Å². The number of sulfonamides is 1. The lowest BCUT2D eigenvalue weighted by Crippen LogP contribution is -2.23. The van der Waals surface area contributed by atoms with Crippen LogP contribution in [0.2, 0.25) is 0 Å². The minimum atomic E-state index is -3.76. The second-order valence-corrected chi connectivity index (χ2v) is 5.58. The molecule has 1 aromatic heterocycles. The van der Waals surface area contributed by atoms with E-state index in [9.17, 15) is 12.8 Å². The van der Waals surface area contributed by atoms with Gasteiger partial charge in [0, 0.05) is 17.5 Å². The monoisotopic (exact) mass is 285 g/mol. The van der Waals surface area contributed by atoms with E-state index >= 15 is 0 Å². The van der Waals surface area contributed by atoms with Gasteiger partial charge in [0.1, 0.15) is 5.82 Å². The second-order valence-electron chi connectivity index (χ2n) is 3.81. The number of aromatic nitrogens is 2. The summed E-state index contributed by atoms with van der Waals surface area (Å²) in [5.74, 6) is -0.644. The molecule has 0 unspecified atom stereocenters. The van der Waals surface area contributed by atoms with Crippen molar-refractivity contribution in [2.45, 2.75) is 18.0 Å². The Hall–Kier alpha value is -1.77. The van der Waals surface area contributed by atoms with Crippen LogP contribution in [0.15, 0.2) is 35.6 Å². The van der Waals surface area contributed by atoms with Crippen molar-refractivity contribution in [3.8, 4) is 0 Å². The maximum absolute atomic E-state index is 13.2. The number of rotatable bonds is 5. The van der Waals surface area contributed by atoms with E-state index in [-0.39, 0.29) is 17.0 Å². The van der Waals surface area contributed by atoms with Gasteiger partial charge in [-0.3, -0.25) is 0 Å². The Balaban J connectivity index is 2.19. The Morgan fingerprint density at radius 1 is 1.42 bits per heavy atom. The highest BCUT2D eigenvalue weighted by molar-refractivity contribution is 7.89. The number of hydrogen-bond donors (Lipinski definition) is 3. The Morgan fingerprint density at radius 2 is 2.21 bits per heavy atom. The van der Waals surface area contributed by atoms with Gasteiger partial charge in [-0.2, -0.15) is 0 Å². The molecule has 0 aliphatic rings. The quantitative estimate of drug-likeness (QED) is 0.746. The standard InChI is InChI=1S/C11H12FN3O3S/c12-11-2-1-10(3-8(11)6-16)19(17,18)15-5-9-4-13-7-14-9/h1-4,7,15-16H,5-6H2,(H,13,14). The molecule has 0 atom stereocenters. The van der Waals surface area contributed by atoms with Crippen molar-refractivity contribution in [3.05, 3.63) is 47.8 Å². The molecular formula is C11H12FN3O3S. The normalized spacial score (nSPS) is 11.7. The highest BCUT2D eigenvalue weighted by Crippen LogP contribution is 2.15. The van der Waals surface area contributed by atoms with Crippen molar-refractivity contribution in [3.63, 3.8) is 0 Å². The molecule has 0 radical (unpaired) electrons. The van der Waals surface area contributed by atoms with E-state index in [0.29, 0.717) is 5.69 Å². The first-order chi connectivity index (χ1) is 9.03. The van der Waals surface area contributed by atoms with Crippen molar-refractivity contribution >= 4 is 10.0 Å². The number of benzene rings is 1. The van der Waals surface area contributed by atoms with Gasteiger partial charge in [-0.25, -0.2) is 22.5 Å². The summed E-state index contributed by atoms with van der Waals surface area (Å²) in [6.45, 7) is -0.510. The molecule has 2 rings (SSSR count). The molecule has 8 heteroatoms. The van der Waals surface area contributed by atoms with Crippen LogP contribution in [-0.4, -0.2) is 23.5 Å². The topological polar surface area (TPSA) is 95.1 Å². The smallest absolute Gasteiger partial charge is 0.240 e. The molecule has 0 amide bonds. The fourth-order valence-corrected chi connectivity index (χ4v) is 2.53. The maximum Gasteiger partial charge on any atom is 0.240 e. The predicted molar refractivity (Wildman–Crippen MR) is 64.9 cm³/mol. The largest absolute Gasteiger partial charge is 0.392 e. The van der Waals surface area contributed by atoms with Crippen LogP contribution in [-0.2, 0) is 23.2 Å². The Morgan fingerprint density at radius 3 is 2.84 bits per heavy atom. The lowest BCUT2D eigenvalue weighted by molar-refractivity contribution is 0.275. The summed E-state index contributed by atoms with van der Waals surface area (Å²) in [4.78, 5) is 6.42. The molecule has 0 aliphatic heterocycles. The van der Waals surface area contributed by atoms with Crippen molar-refractivity contribution in [1.29, 1.82) is 0 Å². The first kappa shape index (κ1) is 13.7. The number of nitrogens with one attached hydrogen (secondary N) is 2. The molecule has 0 saturated heterocycles. The summed E-state index contributed by atoms with van der Waals surface area (Å²) in [6.07, 6.45) is 2.93. The van der Waals surface area contributed by atoms with E-state index in [1.54, 1.807) is 0 Å². The number of aliphatic hydroxyl groups is 1. The molecule has 0 bridgehead atoms. The van der Waals surface area contributed by atoms with Gasteiger partial charge in [-0.1, -0.05) is 0 Å². The van der Waals surface area contributed by atoms with Gasteiger partial charge in [0.05, 0.1) is 24.4 Å². The van der Waals surface area contributed by atoms with Crippen LogP contribution in [0.1, 0.15) is 11.3 Å². The second kappa shape index (κ2) is 5.47. The number of halogens is 1. The van der Waals surface area contributed by atoms with E-state index in [1.807, 2.05) is 0 Å². The van der Waals surface area contributed by atoms with E-state index < -0.39 is 22.4 Å². The third kappa shape index (κ3) is 3.16. The minimum Gasteiger partial charge on any atom is -0.392 e. The number of imidazole rings is 1. The zero-order valence-corrected chi connectivity index (χ0v) is 10.6. The van der Waals surface area contributed by atoms with Crippen molar-refractivity contribution in [2.24, 2.45) is 0 Å². The minimum absolute atomic E-state index is 0.0498. The molecular weight excluding hydrogens is 273 g/mol. The van der Waals surface area contributed by atoms with Gasteiger partial charge in [0.15, 0.2) is 0 Å². The lowest BCUT2D eigenvalue weighted by atomic mass is 10.2. The van der Waals surface area contributed by atoms with Crippen molar-refractivity contribution in [1.82, 2.24) is 14.7 Å². The Bertz CT molecular complexity index is 656.